The molecule has 0 saturated heterocycles. The van der Waals surface area contributed by atoms with Gasteiger partial charge in [-0.2, -0.15) is 0 Å². The molecule has 0 atom stereocenters. The minimum absolute atomic E-state index is 0.259. The second-order valence-electron chi connectivity index (χ2n) is 4.69. The maximum atomic E-state index is 5.80. The van der Waals surface area contributed by atoms with Crippen molar-refractivity contribution in [2.75, 3.05) is 11.9 Å². The van der Waals surface area contributed by atoms with Gasteiger partial charge in [0, 0.05) is 11.9 Å². The molecule has 3 rings (SSSR count). The van der Waals surface area contributed by atoms with Gasteiger partial charge in [-0.05, 0) is 17.9 Å². The Hall–Kier alpha value is -2.56. The van der Waals surface area contributed by atoms with Crippen molar-refractivity contribution in [1.82, 2.24) is 10.2 Å². The second kappa shape index (κ2) is 6.26. The molecule has 0 spiro atoms. The minimum atomic E-state index is 0.259. The molecule has 108 valence electrons. The molecule has 0 amide bonds. The van der Waals surface area contributed by atoms with Crippen molar-refractivity contribution in [2.45, 2.75) is 20.0 Å². The van der Waals surface area contributed by atoms with E-state index in [0.717, 1.165) is 29.5 Å². The van der Waals surface area contributed by atoms with E-state index in [-0.39, 0.29) is 6.61 Å². The highest BCUT2D eigenvalue weighted by molar-refractivity contribution is 5.88. The molecule has 0 aliphatic heterocycles. The van der Waals surface area contributed by atoms with Gasteiger partial charge in [-0.1, -0.05) is 48.4 Å². The van der Waals surface area contributed by atoms with E-state index in [1.807, 2.05) is 30.3 Å². The summed E-state index contributed by atoms with van der Waals surface area (Å²) in [4.78, 5) is 0. The first kappa shape index (κ1) is 13.4. The summed E-state index contributed by atoms with van der Waals surface area (Å²) in [6, 6.07) is 14.5. The molecule has 0 bridgehead atoms. The molecular formula is C16H17N3O2. The molecule has 21 heavy (non-hydrogen) atoms. The third-order valence-corrected chi connectivity index (χ3v) is 3.09. The molecule has 0 saturated carbocycles. The Kier molecular flexibility index (Phi) is 4.00. The van der Waals surface area contributed by atoms with Gasteiger partial charge in [0.05, 0.1) is 0 Å². The summed E-state index contributed by atoms with van der Waals surface area (Å²) in [7, 11) is 0. The highest BCUT2D eigenvalue weighted by Gasteiger charge is 2.07. The number of fused-ring (bicyclic) bond motifs is 1. The molecule has 1 heterocycles. The number of aromatic nitrogens is 2. The molecular weight excluding hydrogens is 266 g/mol. The zero-order chi connectivity index (χ0) is 14.5. The normalized spacial score (nSPS) is 10.7. The Morgan fingerprint density at radius 1 is 1.10 bits per heavy atom. The van der Waals surface area contributed by atoms with E-state index in [9.17, 15) is 0 Å². The number of nitrogens with zero attached hydrogens (tertiary/aromatic N) is 2. The van der Waals surface area contributed by atoms with Crippen LogP contribution < -0.4 is 10.1 Å². The van der Waals surface area contributed by atoms with E-state index in [2.05, 4.69) is 34.6 Å². The largest absolute Gasteiger partial charge is 0.483 e. The van der Waals surface area contributed by atoms with Crippen LogP contribution in [0.5, 0.6) is 5.75 Å². The maximum Gasteiger partial charge on any atom is 0.315 e. The maximum absolute atomic E-state index is 5.80. The van der Waals surface area contributed by atoms with E-state index >= 15 is 0 Å². The predicted octanol–water partition coefficient (Wildman–Crippen LogP) is 3.62. The summed E-state index contributed by atoms with van der Waals surface area (Å²) in [6.45, 7) is 3.15. The molecule has 5 heteroatoms. The highest BCUT2D eigenvalue weighted by Crippen LogP contribution is 2.25. The van der Waals surface area contributed by atoms with Crippen LogP contribution in [0.1, 0.15) is 19.2 Å². The van der Waals surface area contributed by atoms with Gasteiger partial charge in [0.15, 0.2) is 6.61 Å². The molecule has 5 nitrogen and oxygen atoms in total. The monoisotopic (exact) mass is 283 g/mol. The first-order chi connectivity index (χ1) is 10.4. The van der Waals surface area contributed by atoms with Crippen molar-refractivity contribution in [3.63, 3.8) is 0 Å². The third-order valence-electron chi connectivity index (χ3n) is 3.09. The van der Waals surface area contributed by atoms with E-state index in [1.165, 1.54) is 0 Å². The fourth-order valence-electron chi connectivity index (χ4n) is 2.08. The zero-order valence-electron chi connectivity index (χ0n) is 11.9. The highest BCUT2D eigenvalue weighted by atomic mass is 16.5. The Bertz CT molecular complexity index is 719. The molecule has 0 aliphatic carbocycles. The standard InChI is InChI=1S/C16H17N3O2/c1-2-10-17-16-19-18-15(21-16)11-20-14-9-5-7-12-6-3-4-8-13(12)14/h3-9H,2,10-11H2,1H3,(H,17,19). The number of hydrogen-bond acceptors (Lipinski definition) is 5. The Balaban J connectivity index is 1.70. The van der Waals surface area contributed by atoms with Crippen LogP contribution in [-0.4, -0.2) is 16.7 Å². The number of hydrogen-bond donors (Lipinski definition) is 1. The van der Waals surface area contributed by atoms with Crippen molar-refractivity contribution < 1.29 is 9.15 Å². The molecule has 2 aromatic carbocycles. The van der Waals surface area contributed by atoms with Gasteiger partial charge in [0.1, 0.15) is 5.75 Å². The van der Waals surface area contributed by atoms with Crippen LogP contribution in [0.25, 0.3) is 10.8 Å². The molecule has 0 radical (unpaired) electrons. The topological polar surface area (TPSA) is 60.2 Å². The van der Waals surface area contributed by atoms with E-state index in [0.29, 0.717) is 11.9 Å². The van der Waals surface area contributed by atoms with Gasteiger partial charge in [-0.15, -0.1) is 5.10 Å². The molecule has 0 aliphatic rings. The number of nitrogens with one attached hydrogen (secondary N) is 1. The molecule has 1 aromatic heterocycles. The number of ether oxygens (including phenoxy) is 1. The SMILES string of the molecule is CCCNc1nnc(COc2cccc3ccccc23)o1. The lowest BCUT2D eigenvalue weighted by Gasteiger charge is -2.07. The first-order valence-corrected chi connectivity index (χ1v) is 7.03. The van der Waals surface area contributed by atoms with Gasteiger partial charge < -0.3 is 14.5 Å². The van der Waals surface area contributed by atoms with Crippen molar-refractivity contribution in [3.8, 4) is 5.75 Å². The van der Waals surface area contributed by atoms with Crippen molar-refractivity contribution in [2.24, 2.45) is 0 Å². The molecule has 0 unspecified atom stereocenters. The van der Waals surface area contributed by atoms with E-state index in [1.54, 1.807) is 0 Å². The summed E-state index contributed by atoms with van der Waals surface area (Å²) >= 11 is 0. The Morgan fingerprint density at radius 3 is 2.86 bits per heavy atom. The third kappa shape index (κ3) is 3.13. The van der Waals surface area contributed by atoms with Crippen LogP contribution in [0, 0.1) is 0 Å². The molecule has 0 fully saturated rings. The van der Waals surface area contributed by atoms with Crippen molar-refractivity contribution in [1.29, 1.82) is 0 Å². The van der Waals surface area contributed by atoms with Crippen LogP contribution in [0.3, 0.4) is 0 Å². The Morgan fingerprint density at radius 2 is 1.95 bits per heavy atom. The summed E-state index contributed by atoms with van der Waals surface area (Å²) in [5.74, 6) is 1.27. The van der Waals surface area contributed by atoms with Gasteiger partial charge >= 0.3 is 6.01 Å². The lowest BCUT2D eigenvalue weighted by Crippen LogP contribution is -1.99. The Labute approximate surface area is 122 Å². The van der Waals surface area contributed by atoms with Crippen LogP contribution in [0.4, 0.5) is 6.01 Å². The predicted molar refractivity (Wildman–Crippen MR) is 81.4 cm³/mol. The molecule has 1 N–H and O–H groups in total. The summed E-state index contributed by atoms with van der Waals surface area (Å²) in [5.41, 5.74) is 0. The summed E-state index contributed by atoms with van der Waals surface area (Å²) < 4.78 is 11.3. The second-order valence-corrected chi connectivity index (χ2v) is 4.69. The summed E-state index contributed by atoms with van der Waals surface area (Å²) in [5, 5.41) is 13.1. The quantitative estimate of drug-likeness (QED) is 0.748. The zero-order valence-corrected chi connectivity index (χ0v) is 11.9. The summed E-state index contributed by atoms with van der Waals surface area (Å²) in [6.07, 6.45) is 1.00. The smallest absolute Gasteiger partial charge is 0.315 e. The average molecular weight is 283 g/mol. The lowest BCUT2D eigenvalue weighted by molar-refractivity contribution is 0.267. The van der Waals surface area contributed by atoms with Crippen LogP contribution in [0.15, 0.2) is 46.9 Å². The van der Waals surface area contributed by atoms with Gasteiger partial charge in [0.25, 0.3) is 5.89 Å². The fourth-order valence-corrected chi connectivity index (χ4v) is 2.08. The van der Waals surface area contributed by atoms with Gasteiger partial charge in [0.2, 0.25) is 0 Å². The van der Waals surface area contributed by atoms with Gasteiger partial charge in [-0.25, -0.2) is 0 Å². The van der Waals surface area contributed by atoms with E-state index < -0.39 is 0 Å². The van der Waals surface area contributed by atoms with Crippen molar-refractivity contribution in [3.05, 3.63) is 48.4 Å². The number of anilines is 1. The average Bonchev–Trinajstić information content (AvgIpc) is 2.99. The van der Waals surface area contributed by atoms with Crippen LogP contribution in [-0.2, 0) is 6.61 Å². The number of benzene rings is 2. The van der Waals surface area contributed by atoms with Crippen LogP contribution in [0.2, 0.25) is 0 Å². The van der Waals surface area contributed by atoms with Gasteiger partial charge in [-0.3, -0.25) is 0 Å². The fraction of sp³-hybridized carbons (Fsp3) is 0.250. The lowest BCUT2D eigenvalue weighted by atomic mass is 10.1. The number of rotatable bonds is 6. The molecule has 3 aromatic rings. The van der Waals surface area contributed by atoms with Crippen LogP contribution >= 0.6 is 0 Å². The van der Waals surface area contributed by atoms with Crippen molar-refractivity contribution >= 4 is 16.8 Å². The van der Waals surface area contributed by atoms with E-state index in [4.69, 9.17) is 9.15 Å². The minimum Gasteiger partial charge on any atom is -0.483 e. The first-order valence-electron chi connectivity index (χ1n) is 7.03.